The number of carboxylic acid groups (broad SMARTS) is 1. The number of phenols is 1. The van der Waals surface area contributed by atoms with Gasteiger partial charge >= 0.3 is 5.97 Å². The van der Waals surface area contributed by atoms with Crippen LogP contribution in [-0.2, 0) is 6.42 Å². The number of aromatic nitrogens is 2. The van der Waals surface area contributed by atoms with Crippen LogP contribution in [0, 0.1) is 0 Å². The van der Waals surface area contributed by atoms with Crippen molar-refractivity contribution in [3.63, 3.8) is 0 Å². The normalized spacial score (nSPS) is 10.6. The maximum Gasteiger partial charge on any atom is 0.340 e. The first-order valence-corrected chi connectivity index (χ1v) is 6.22. The molecule has 2 rings (SSSR count). The first kappa shape index (κ1) is 13.4. The molecule has 0 aliphatic carbocycles. The van der Waals surface area contributed by atoms with Crippen molar-refractivity contribution < 1.29 is 15.0 Å². The van der Waals surface area contributed by atoms with Crippen LogP contribution in [0.5, 0.6) is 5.75 Å². The van der Waals surface area contributed by atoms with Gasteiger partial charge in [-0.25, -0.2) is 9.48 Å². The Labute approximate surface area is 115 Å². The molecule has 19 heavy (non-hydrogen) atoms. The Morgan fingerprint density at radius 3 is 2.53 bits per heavy atom. The summed E-state index contributed by atoms with van der Waals surface area (Å²) in [7, 11) is 0. The highest BCUT2D eigenvalue weighted by Gasteiger charge is 2.22. The Hall–Kier alpha value is -2.01. The zero-order valence-corrected chi connectivity index (χ0v) is 11.1. The topological polar surface area (TPSA) is 75.3 Å². The van der Waals surface area contributed by atoms with Crippen LogP contribution < -0.4 is 0 Å². The second-order valence-corrected chi connectivity index (χ2v) is 4.45. The van der Waals surface area contributed by atoms with Crippen molar-refractivity contribution in [1.29, 1.82) is 0 Å². The summed E-state index contributed by atoms with van der Waals surface area (Å²) < 4.78 is 1.37. The van der Waals surface area contributed by atoms with E-state index in [0.717, 1.165) is 6.42 Å². The van der Waals surface area contributed by atoms with E-state index in [0.29, 0.717) is 17.8 Å². The molecule has 0 amide bonds. The molecule has 0 radical (unpaired) electrons. The van der Waals surface area contributed by atoms with Crippen molar-refractivity contribution in [2.45, 2.75) is 19.8 Å². The van der Waals surface area contributed by atoms with E-state index in [2.05, 4.69) is 5.10 Å². The van der Waals surface area contributed by atoms with Crippen molar-refractivity contribution in [2.75, 3.05) is 0 Å². The van der Waals surface area contributed by atoms with E-state index in [1.165, 1.54) is 16.8 Å². The average molecular weight is 281 g/mol. The molecule has 0 spiro atoms. The number of nitrogens with zero attached hydrogens (tertiary/aromatic N) is 2. The molecule has 0 bridgehead atoms. The number of phenolic OH excluding ortho intramolecular Hbond substituents is 1. The van der Waals surface area contributed by atoms with Crippen molar-refractivity contribution in [2.24, 2.45) is 0 Å². The minimum Gasteiger partial charge on any atom is -0.508 e. The summed E-state index contributed by atoms with van der Waals surface area (Å²) in [4.78, 5) is 11.2. The number of aromatic carboxylic acids is 1. The number of aromatic hydroxyl groups is 1. The third-order valence-corrected chi connectivity index (χ3v) is 3.05. The molecule has 2 N–H and O–H groups in total. The second-order valence-electron chi connectivity index (χ2n) is 4.10. The van der Waals surface area contributed by atoms with E-state index in [4.69, 9.17) is 11.6 Å². The van der Waals surface area contributed by atoms with Crippen LogP contribution in [-0.4, -0.2) is 26.0 Å². The van der Waals surface area contributed by atoms with Gasteiger partial charge in [-0.2, -0.15) is 5.10 Å². The monoisotopic (exact) mass is 280 g/mol. The summed E-state index contributed by atoms with van der Waals surface area (Å²) >= 11 is 6.09. The van der Waals surface area contributed by atoms with E-state index in [-0.39, 0.29) is 16.5 Å². The molecule has 0 saturated carbocycles. The van der Waals surface area contributed by atoms with Gasteiger partial charge < -0.3 is 10.2 Å². The average Bonchev–Trinajstić information content (AvgIpc) is 2.68. The highest BCUT2D eigenvalue weighted by Crippen LogP contribution is 2.25. The summed E-state index contributed by atoms with van der Waals surface area (Å²) in [6.45, 7) is 1.94. The van der Waals surface area contributed by atoms with Gasteiger partial charge in [-0.15, -0.1) is 0 Å². The van der Waals surface area contributed by atoms with Gasteiger partial charge in [-0.1, -0.05) is 24.9 Å². The van der Waals surface area contributed by atoms with E-state index in [1.807, 2.05) is 6.92 Å². The lowest BCUT2D eigenvalue weighted by molar-refractivity contribution is 0.0696. The molecule has 100 valence electrons. The Morgan fingerprint density at radius 2 is 2.00 bits per heavy atom. The summed E-state index contributed by atoms with van der Waals surface area (Å²) in [5.41, 5.74) is 1.11. The lowest BCUT2D eigenvalue weighted by Crippen LogP contribution is -2.00. The smallest absolute Gasteiger partial charge is 0.340 e. The predicted octanol–water partition coefficient (Wildman–Crippen LogP) is 2.88. The Kier molecular flexibility index (Phi) is 3.76. The minimum atomic E-state index is -1.08. The van der Waals surface area contributed by atoms with Gasteiger partial charge in [0.1, 0.15) is 16.5 Å². The number of rotatable bonds is 4. The Balaban J connectivity index is 2.55. The van der Waals surface area contributed by atoms with E-state index in [9.17, 15) is 15.0 Å². The Bertz CT molecular complexity index is 605. The lowest BCUT2D eigenvalue weighted by Gasteiger charge is -2.02. The minimum absolute atomic E-state index is 0.0385. The molecule has 0 atom stereocenters. The van der Waals surface area contributed by atoms with Gasteiger partial charge in [0.05, 0.1) is 11.4 Å². The third kappa shape index (κ3) is 2.56. The molecule has 2 aromatic rings. The largest absolute Gasteiger partial charge is 0.508 e. The summed E-state index contributed by atoms with van der Waals surface area (Å²) in [5, 5.41) is 22.8. The summed E-state index contributed by atoms with van der Waals surface area (Å²) in [6, 6.07) is 6.23. The molecule has 6 heteroatoms. The van der Waals surface area contributed by atoms with E-state index >= 15 is 0 Å². The van der Waals surface area contributed by atoms with Crippen LogP contribution in [0.15, 0.2) is 24.3 Å². The van der Waals surface area contributed by atoms with Gasteiger partial charge in [0.2, 0.25) is 0 Å². The molecular formula is C13H13ClN2O3. The van der Waals surface area contributed by atoms with Crippen LogP contribution in [0.25, 0.3) is 5.69 Å². The van der Waals surface area contributed by atoms with Gasteiger partial charge in [0.25, 0.3) is 0 Å². The van der Waals surface area contributed by atoms with E-state index in [1.54, 1.807) is 12.1 Å². The standard InChI is InChI=1S/C13H13ClN2O3/c1-2-3-10-11(13(18)19)12(14)16(15-10)8-4-6-9(17)7-5-8/h4-7,17H,2-3H2,1H3,(H,18,19). The quantitative estimate of drug-likeness (QED) is 0.903. The van der Waals surface area contributed by atoms with Crippen molar-refractivity contribution >= 4 is 17.6 Å². The molecular weight excluding hydrogens is 268 g/mol. The fourth-order valence-corrected chi connectivity index (χ4v) is 2.15. The molecule has 5 nitrogen and oxygen atoms in total. The van der Waals surface area contributed by atoms with Crippen molar-refractivity contribution in [3.8, 4) is 11.4 Å². The predicted molar refractivity (Wildman–Crippen MR) is 71.2 cm³/mol. The lowest BCUT2D eigenvalue weighted by atomic mass is 10.2. The van der Waals surface area contributed by atoms with Crippen molar-refractivity contribution in [1.82, 2.24) is 9.78 Å². The number of hydrogen-bond donors (Lipinski definition) is 2. The van der Waals surface area contributed by atoms with Gasteiger partial charge in [0.15, 0.2) is 0 Å². The first-order valence-electron chi connectivity index (χ1n) is 5.84. The number of carboxylic acids is 1. The number of aryl methyl sites for hydroxylation is 1. The highest BCUT2D eigenvalue weighted by atomic mass is 35.5. The van der Waals surface area contributed by atoms with Gasteiger partial charge in [-0.05, 0) is 30.7 Å². The summed E-state index contributed by atoms with van der Waals surface area (Å²) in [5.74, 6) is -0.960. The zero-order chi connectivity index (χ0) is 14.0. The van der Waals surface area contributed by atoms with Crippen LogP contribution in [0.2, 0.25) is 5.15 Å². The SMILES string of the molecule is CCCc1nn(-c2ccc(O)cc2)c(Cl)c1C(=O)O. The maximum atomic E-state index is 11.2. The van der Waals surface area contributed by atoms with Gasteiger partial charge in [-0.3, -0.25) is 0 Å². The fraction of sp³-hybridized carbons (Fsp3) is 0.231. The fourth-order valence-electron chi connectivity index (χ4n) is 1.83. The number of hydrogen-bond acceptors (Lipinski definition) is 3. The molecule has 0 fully saturated rings. The van der Waals surface area contributed by atoms with Crippen LogP contribution in [0.4, 0.5) is 0 Å². The van der Waals surface area contributed by atoms with Crippen molar-refractivity contribution in [3.05, 3.63) is 40.7 Å². The number of halogens is 1. The molecule has 1 aromatic heterocycles. The number of carbonyl (C=O) groups is 1. The summed E-state index contributed by atoms with van der Waals surface area (Å²) in [6.07, 6.45) is 1.33. The first-order chi connectivity index (χ1) is 9.04. The van der Waals surface area contributed by atoms with Gasteiger partial charge in [0, 0.05) is 0 Å². The Morgan fingerprint density at radius 1 is 1.37 bits per heavy atom. The third-order valence-electron chi connectivity index (χ3n) is 2.70. The van der Waals surface area contributed by atoms with E-state index < -0.39 is 5.97 Å². The van der Waals surface area contributed by atoms with Crippen LogP contribution in [0.3, 0.4) is 0 Å². The molecule has 1 aromatic carbocycles. The number of benzene rings is 1. The maximum absolute atomic E-state index is 11.2. The molecule has 0 aliphatic rings. The molecule has 0 saturated heterocycles. The van der Waals surface area contributed by atoms with Crippen LogP contribution in [0.1, 0.15) is 29.4 Å². The molecule has 1 heterocycles. The van der Waals surface area contributed by atoms with Crippen LogP contribution >= 0.6 is 11.6 Å². The highest BCUT2D eigenvalue weighted by molar-refractivity contribution is 6.32. The molecule has 0 unspecified atom stereocenters. The second kappa shape index (κ2) is 5.32. The zero-order valence-electron chi connectivity index (χ0n) is 10.3. The molecule has 0 aliphatic heterocycles.